The Labute approximate surface area is 115 Å². The molecule has 1 aromatic carbocycles. The summed E-state index contributed by atoms with van der Waals surface area (Å²) >= 11 is 0. The highest BCUT2D eigenvalue weighted by Crippen LogP contribution is 2.25. The number of hydrogen-bond donors (Lipinski definition) is 0. The van der Waals surface area contributed by atoms with Crippen LogP contribution in [-0.2, 0) is 4.79 Å². The van der Waals surface area contributed by atoms with Gasteiger partial charge in [0.05, 0.1) is 7.11 Å². The van der Waals surface area contributed by atoms with Crippen LogP contribution >= 0.6 is 0 Å². The molecule has 0 aliphatic carbocycles. The molecule has 1 rings (SSSR count). The molecule has 1 aromatic rings. The highest BCUT2D eigenvalue weighted by Gasteiger charge is 2.13. The van der Waals surface area contributed by atoms with E-state index in [9.17, 15) is 4.79 Å². The first-order chi connectivity index (χ1) is 9.22. The third-order valence-corrected chi connectivity index (χ3v) is 2.76. The number of nitrogens with zero attached hydrogens (tertiary/aromatic N) is 1. The van der Waals surface area contributed by atoms with Gasteiger partial charge in [0.25, 0.3) is 5.91 Å². The lowest BCUT2D eigenvalue weighted by Crippen LogP contribution is -2.36. The second kappa shape index (κ2) is 8.40. The Hall–Kier alpha value is -1.71. The van der Waals surface area contributed by atoms with Crippen molar-refractivity contribution in [3.05, 3.63) is 24.3 Å². The smallest absolute Gasteiger partial charge is 0.260 e. The number of methoxy groups -OCH3 is 1. The first-order valence-electron chi connectivity index (χ1n) is 6.76. The zero-order valence-corrected chi connectivity index (χ0v) is 12.0. The van der Waals surface area contributed by atoms with Gasteiger partial charge >= 0.3 is 0 Å². The predicted octanol–water partition coefficient (Wildman–Crippen LogP) is 2.72. The van der Waals surface area contributed by atoms with Crippen molar-refractivity contribution in [1.29, 1.82) is 0 Å². The first-order valence-corrected chi connectivity index (χ1v) is 6.76. The average molecular weight is 265 g/mol. The Bertz CT molecular complexity index is 387. The largest absolute Gasteiger partial charge is 0.493 e. The molecular weight excluding hydrogens is 242 g/mol. The maximum Gasteiger partial charge on any atom is 0.260 e. The molecule has 0 atom stereocenters. The van der Waals surface area contributed by atoms with E-state index in [1.807, 2.05) is 23.1 Å². The number of hydrogen-bond acceptors (Lipinski definition) is 3. The summed E-state index contributed by atoms with van der Waals surface area (Å²) in [5, 5.41) is 0. The topological polar surface area (TPSA) is 38.8 Å². The summed E-state index contributed by atoms with van der Waals surface area (Å²) in [4.78, 5) is 13.9. The summed E-state index contributed by atoms with van der Waals surface area (Å²) in [7, 11) is 1.59. The SMILES string of the molecule is CCCN(CCC)C(=O)COc1ccccc1OC. The molecule has 0 spiro atoms. The summed E-state index contributed by atoms with van der Waals surface area (Å²) in [5.41, 5.74) is 0. The van der Waals surface area contributed by atoms with E-state index >= 15 is 0 Å². The predicted molar refractivity (Wildman–Crippen MR) is 75.7 cm³/mol. The van der Waals surface area contributed by atoms with Crippen LogP contribution < -0.4 is 9.47 Å². The van der Waals surface area contributed by atoms with E-state index in [0.717, 1.165) is 25.9 Å². The van der Waals surface area contributed by atoms with Gasteiger partial charge in [0, 0.05) is 13.1 Å². The molecule has 0 saturated heterocycles. The third-order valence-electron chi connectivity index (χ3n) is 2.76. The molecule has 4 nitrogen and oxygen atoms in total. The van der Waals surface area contributed by atoms with Crippen molar-refractivity contribution in [2.24, 2.45) is 0 Å². The van der Waals surface area contributed by atoms with Crippen LogP contribution in [-0.4, -0.2) is 37.6 Å². The Kier molecular flexibility index (Phi) is 6.79. The summed E-state index contributed by atoms with van der Waals surface area (Å²) in [6.07, 6.45) is 1.92. The number of carbonyl (C=O) groups is 1. The number of rotatable bonds is 8. The van der Waals surface area contributed by atoms with E-state index in [2.05, 4.69) is 13.8 Å². The number of carbonyl (C=O) groups excluding carboxylic acids is 1. The lowest BCUT2D eigenvalue weighted by atomic mass is 10.3. The zero-order chi connectivity index (χ0) is 14.1. The molecule has 0 radical (unpaired) electrons. The van der Waals surface area contributed by atoms with Crippen LogP contribution in [0.5, 0.6) is 11.5 Å². The molecule has 0 N–H and O–H groups in total. The summed E-state index contributed by atoms with van der Waals surface area (Å²) < 4.78 is 10.7. The van der Waals surface area contributed by atoms with Crippen LogP contribution in [0.25, 0.3) is 0 Å². The van der Waals surface area contributed by atoms with Crippen molar-refractivity contribution < 1.29 is 14.3 Å². The number of ether oxygens (including phenoxy) is 2. The van der Waals surface area contributed by atoms with Gasteiger partial charge in [-0.3, -0.25) is 4.79 Å². The molecule has 0 fully saturated rings. The third kappa shape index (κ3) is 4.81. The molecule has 0 aromatic heterocycles. The van der Waals surface area contributed by atoms with Gasteiger partial charge in [-0.05, 0) is 25.0 Å². The minimum Gasteiger partial charge on any atom is -0.493 e. The minimum absolute atomic E-state index is 0.0228. The van der Waals surface area contributed by atoms with Crippen LogP contribution in [0.1, 0.15) is 26.7 Å². The van der Waals surface area contributed by atoms with Crippen molar-refractivity contribution in [2.45, 2.75) is 26.7 Å². The molecule has 19 heavy (non-hydrogen) atoms. The molecule has 106 valence electrons. The average Bonchev–Trinajstić information content (AvgIpc) is 2.44. The maximum atomic E-state index is 12.1. The summed E-state index contributed by atoms with van der Waals surface area (Å²) in [6.45, 7) is 5.75. The maximum absolute atomic E-state index is 12.1. The lowest BCUT2D eigenvalue weighted by Gasteiger charge is -2.21. The Morgan fingerprint density at radius 3 is 2.21 bits per heavy atom. The van der Waals surface area contributed by atoms with Crippen molar-refractivity contribution in [2.75, 3.05) is 26.8 Å². The summed E-state index contributed by atoms with van der Waals surface area (Å²) in [5.74, 6) is 1.27. The Morgan fingerprint density at radius 2 is 1.68 bits per heavy atom. The van der Waals surface area contributed by atoms with Crippen LogP contribution in [0.3, 0.4) is 0 Å². The molecule has 1 amide bonds. The first kappa shape index (κ1) is 15.3. The fraction of sp³-hybridized carbons (Fsp3) is 0.533. The van der Waals surface area contributed by atoms with E-state index < -0.39 is 0 Å². The van der Waals surface area contributed by atoms with Gasteiger partial charge in [-0.25, -0.2) is 0 Å². The molecule has 0 unspecified atom stereocenters. The molecular formula is C15H23NO3. The van der Waals surface area contributed by atoms with Gasteiger partial charge in [0.2, 0.25) is 0 Å². The molecule has 4 heteroatoms. The standard InChI is InChI=1S/C15H23NO3/c1-4-10-16(11-5-2)15(17)12-19-14-9-7-6-8-13(14)18-3/h6-9H,4-5,10-12H2,1-3H3. The van der Waals surface area contributed by atoms with Crippen LogP contribution in [0.4, 0.5) is 0 Å². The van der Waals surface area contributed by atoms with Gasteiger partial charge in [-0.15, -0.1) is 0 Å². The zero-order valence-electron chi connectivity index (χ0n) is 12.0. The van der Waals surface area contributed by atoms with Crippen LogP contribution in [0.2, 0.25) is 0 Å². The van der Waals surface area contributed by atoms with Gasteiger partial charge in [0.15, 0.2) is 18.1 Å². The number of amides is 1. The molecule has 0 saturated carbocycles. The monoisotopic (exact) mass is 265 g/mol. The Morgan fingerprint density at radius 1 is 1.11 bits per heavy atom. The van der Waals surface area contributed by atoms with Gasteiger partial charge in [-0.2, -0.15) is 0 Å². The number of benzene rings is 1. The fourth-order valence-electron chi connectivity index (χ4n) is 1.87. The molecule has 0 bridgehead atoms. The van der Waals surface area contributed by atoms with E-state index in [4.69, 9.17) is 9.47 Å². The quantitative estimate of drug-likeness (QED) is 0.725. The van der Waals surface area contributed by atoms with E-state index in [1.54, 1.807) is 13.2 Å². The van der Waals surface area contributed by atoms with Gasteiger partial charge in [-0.1, -0.05) is 26.0 Å². The highest BCUT2D eigenvalue weighted by molar-refractivity contribution is 5.77. The Balaban J connectivity index is 2.56. The lowest BCUT2D eigenvalue weighted by molar-refractivity contribution is -0.133. The van der Waals surface area contributed by atoms with Gasteiger partial charge in [0.1, 0.15) is 0 Å². The number of para-hydroxylation sites is 2. The van der Waals surface area contributed by atoms with E-state index in [1.165, 1.54) is 0 Å². The molecule has 0 aliphatic rings. The van der Waals surface area contributed by atoms with Crippen molar-refractivity contribution >= 4 is 5.91 Å². The summed E-state index contributed by atoms with van der Waals surface area (Å²) in [6, 6.07) is 7.35. The molecule has 0 heterocycles. The van der Waals surface area contributed by atoms with Crippen molar-refractivity contribution in [3.8, 4) is 11.5 Å². The second-order valence-electron chi connectivity index (χ2n) is 4.32. The second-order valence-corrected chi connectivity index (χ2v) is 4.32. The van der Waals surface area contributed by atoms with Gasteiger partial charge < -0.3 is 14.4 Å². The van der Waals surface area contributed by atoms with E-state index in [0.29, 0.717) is 11.5 Å². The fourth-order valence-corrected chi connectivity index (χ4v) is 1.87. The normalized spacial score (nSPS) is 10.1. The van der Waals surface area contributed by atoms with Crippen LogP contribution in [0, 0.1) is 0 Å². The van der Waals surface area contributed by atoms with Crippen molar-refractivity contribution in [1.82, 2.24) is 4.90 Å². The highest BCUT2D eigenvalue weighted by atomic mass is 16.5. The van der Waals surface area contributed by atoms with Crippen LogP contribution in [0.15, 0.2) is 24.3 Å². The van der Waals surface area contributed by atoms with E-state index in [-0.39, 0.29) is 12.5 Å². The van der Waals surface area contributed by atoms with Crippen molar-refractivity contribution in [3.63, 3.8) is 0 Å². The minimum atomic E-state index is 0.0228. The molecule has 0 aliphatic heterocycles.